The third-order valence-corrected chi connectivity index (χ3v) is 3.55. The summed E-state index contributed by atoms with van der Waals surface area (Å²) in [6, 6.07) is 0.729. The van der Waals surface area contributed by atoms with E-state index in [1.807, 2.05) is 0 Å². The zero-order chi connectivity index (χ0) is 9.97. The van der Waals surface area contributed by atoms with Crippen molar-refractivity contribution < 1.29 is 0 Å². The largest absolute Gasteiger partial charge is 0.304 e. The van der Waals surface area contributed by atoms with E-state index in [2.05, 4.69) is 35.9 Å². The summed E-state index contributed by atoms with van der Waals surface area (Å²) < 4.78 is 0. The topological polar surface area (TPSA) is 6.48 Å². The molecule has 0 bridgehead atoms. The van der Waals surface area contributed by atoms with Gasteiger partial charge in [0.2, 0.25) is 0 Å². The van der Waals surface area contributed by atoms with Gasteiger partial charge in [-0.25, -0.2) is 0 Å². The standard InChI is InChI=1S/C12H22N2/c1-11-4-3-5-12(10-11)14-8-6-13(2)7-9-14/h3,5,11-12H,4,6-10H2,1-2H3/t11-,12+/m0/s1. The molecule has 1 saturated heterocycles. The molecule has 0 N–H and O–H groups in total. The minimum absolute atomic E-state index is 0.729. The molecular formula is C12H22N2. The molecule has 0 radical (unpaired) electrons. The van der Waals surface area contributed by atoms with Crippen LogP contribution < -0.4 is 0 Å². The van der Waals surface area contributed by atoms with Crippen molar-refractivity contribution in [2.75, 3.05) is 33.2 Å². The van der Waals surface area contributed by atoms with E-state index >= 15 is 0 Å². The molecule has 0 aromatic carbocycles. The Hall–Kier alpha value is -0.340. The minimum atomic E-state index is 0.729. The number of hydrogen-bond donors (Lipinski definition) is 0. The van der Waals surface area contributed by atoms with Gasteiger partial charge in [-0.3, -0.25) is 4.90 Å². The van der Waals surface area contributed by atoms with Crippen LogP contribution in [0, 0.1) is 5.92 Å². The highest BCUT2D eigenvalue weighted by atomic mass is 15.3. The maximum atomic E-state index is 2.64. The van der Waals surface area contributed by atoms with Crippen LogP contribution in [0.3, 0.4) is 0 Å². The fourth-order valence-corrected chi connectivity index (χ4v) is 2.48. The Morgan fingerprint density at radius 3 is 2.50 bits per heavy atom. The van der Waals surface area contributed by atoms with Crippen LogP contribution >= 0.6 is 0 Å². The van der Waals surface area contributed by atoms with Gasteiger partial charge in [-0.05, 0) is 25.8 Å². The van der Waals surface area contributed by atoms with Gasteiger partial charge in [0, 0.05) is 32.2 Å². The van der Waals surface area contributed by atoms with E-state index in [1.165, 1.54) is 39.0 Å². The highest BCUT2D eigenvalue weighted by Gasteiger charge is 2.23. The molecule has 0 aromatic heterocycles. The van der Waals surface area contributed by atoms with Crippen molar-refractivity contribution in [1.29, 1.82) is 0 Å². The van der Waals surface area contributed by atoms with Gasteiger partial charge in [-0.15, -0.1) is 0 Å². The lowest BCUT2D eigenvalue weighted by Gasteiger charge is -2.38. The average molecular weight is 194 g/mol. The SMILES string of the molecule is C[C@H]1CC=C[C@@H](N2CCN(C)CC2)C1. The molecule has 1 aliphatic carbocycles. The summed E-state index contributed by atoms with van der Waals surface area (Å²) in [6.45, 7) is 7.33. The first-order valence-corrected chi connectivity index (χ1v) is 5.85. The molecule has 2 heteroatoms. The molecule has 14 heavy (non-hydrogen) atoms. The molecule has 1 heterocycles. The van der Waals surface area contributed by atoms with Gasteiger partial charge in [0.1, 0.15) is 0 Å². The van der Waals surface area contributed by atoms with Crippen molar-refractivity contribution in [3.05, 3.63) is 12.2 Å². The fraction of sp³-hybridized carbons (Fsp3) is 0.833. The zero-order valence-electron chi connectivity index (χ0n) is 9.45. The normalized spacial score (nSPS) is 36.1. The molecule has 0 spiro atoms. The van der Waals surface area contributed by atoms with Crippen LogP contribution in [-0.2, 0) is 0 Å². The molecule has 1 fully saturated rings. The van der Waals surface area contributed by atoms with Crippen molar-refractivity contribution in [2.45, 2.75) is 25.8 Å². The van der Waals surface area contributed by atoms with Crippen molar-refractivity contribution in [3.8, 4) is 0 Å². The molecule has 1 aliphatic heterocycles. The summed E-state index contributed by atoms with van der Waals surface area (Å²) >= 11 is 0. The average Bonchev–Trinajstić information content (AvgIpc) is 2.19. The highest BCUT2D eigenvalue weighted by Crippen LogP contribution is 2.22. The van der Waals surface area contributed by atoms with Crippen molar-refractivity contribution in [1.82, 2.24) is 9.80 Å². The lowest BCUT2D eigenvalue weighted by atomic mass is 9.91. The Bertz CT molecular complexity index is 204. The first kappa shape index (κ1) is 10.2. The highest BCUT2D eigenvalue weighted by molar-refractivity contribution is 5.01. The summed E-state index contributed by atoms with van der Waals surface area (Å²) in [5, 5.41) is 0. The summed E-state index contributed by atoms with van der Waals surface area (Å²) in [4.78, 5) is 5.07. The lowest BCUT2D eigenvalue weighted by Crippen LogP contribution is -2.49. The van der Waals surface area contributed by atoms with E-state index in [9.17, 15) is 0 Å². The second-order valence-corrected chi connectivity index (χ2v) is 4.91. The fourth-order valence-electron chi connectivity index (χ4n) is 2.48. The maximum absolute atomic E-state index is 2.64. The Morgan fingerprint density at radius 2 is 1.86 bits per heavy atom. The number of rotatable bonds is 1. The number of nitrogens with zero attached hydrogens (tertiary/aromatic N) is 2. The van der Waals surface area contributed by atoms with Gasteiger partial charge in [0.25, 0.3) is 0 Å². The number of likely N-dealkylation sites (N-methyl/N-ethyl adjacent to an activating group) is 1. The van der Waals surface area contributed by atoms with Gasteiger partial charge in [-0.2, -0.15) is 0 Å². The van der Waals surface area contributed by atoms with Crippen LogP contribution in [0.1, 0.15) is 19.8 Å². The smallest absolute Gasteiger partial charge is 0.0281 e. The van der Waals surface area contributed by atoms with E-state index in [1.54, 1.807) is 0 Å². The first-order chi connectivity index (χ1) is 6.75. The molecule has 0 saturated carbocycles. The third kappa shape index (κ3) is 2.37. The molecule has 2 atom stereocenters. The van der Waals surface area contributed by atoms with E-state index in [-0.39, 0.29) is 0 Å². The van der Waals surface area contributed by atoms with Gasteiger partial charge < -0.3 is 4.90 Å². The van der Waals surface area contributed by atoms with Gasteiger partial charge in [-0.1, -0.05) is 19.1 Å². The van der Waals surface area contributed by atoms with Crippen LogP contribution in [0.2, 0.25) is 0 Å². The monoisotopic (exact) mass is 194 g/mol. The minimum Gasteiger partial charge on any atom is -0.304 e. The Morgan fingerprint density at radius 1 is 1.14 bits per heavy atom. The molecule has 2 nitrogen and oxygen atoms in total. The molecule has 0 unspecified atom stereocenters. The zero-order valence-corrected chi connectivity index (χ0v) is 9.45. The van der Waals surface area contributed by atoms with Gasteiger partial charge >= 0.3 is 0 Å². The molecule has 2 aliphatic rings. The Labute approximate surface area is 87.6 Å². The van der Waals surface area contributed by atoms with Crippen molar-refractivity contribution in [2.24, 2.45) is 5.92 Å². The predicted molar refractivity (Wildman–Crippen MR) is 60.4 cm³/mol. The van der Waals surface area contributed by atoms with Crippen molar-refractivity contribution in [3.63, 3.8) is 0 Å². The molecule has 2 rings (SSSR count). The van der Waals surface area contributed by atoms with E-state index in [0.717, 1.165) is 12.0 Å². The van der Waals surface area contributed by atoms with Gasteiger partial charge in [0.15, 0.2) is 0 Å². The Balaban J connectivity index is 1.88. The molecule has 0 aromatic rings. The quantitative estimate of drug-likeness (QED) is 0.585. The summed E-state index contributed by atoms with van der Waals surface area (Å²) in [5.74, 6) is 0.879. The predicted octanol–water partition coefficient (Wildman–Crippen LogP) is 1.59. The molecule has 0 amide bonds. The lowest BCUT2D eigenvalue weighted by molar-refractivity contribution is 0.116. The first-order valence-electron chi connectivity index (χ1n) is 5.85. The number of piperazine rings is 1. The van der Waals surface area contributed by atoms with E-state index in [0.29, 0.717) is 0 Å². The van der Waals surface area contributed by atoms with Crippen LogP contribution in [0.25, 0.3) is 0 Å². The number of hydrogen-bond acceptors (Lipinski definition) is 2. The van der Waals surface area contributed by atoms with Crippen LogP contribution in [0.15, 0.2) is 12.2 Å². The maximum Gasteiger partial charge on any atom is 0.0281 e. The van der Waals surface area contributed by atoms with Gasteiger partial charge in [0.05, 0.1) is 0 Å². The van der Waals surface area contributed by atoms with Crippen LogP contribution in [0.4, 0.5) is 0 Å². The van der Waals surface area contributed by atoms with Crippen LogP contribution in [0.5, 0.6) is 0 Å². The summed E-state index contributed by atoms with van der Waals surface area (Å²) in [7, 11) is 2.22. The summed E-state index contributed by atoms with van der Waals surface area (Å²) in [5.41, 5.74) is 0. The summed E-state index contributed by atoms with van der Waals surface area (Å²) in [6.07, 6.45) is 7.44. The van der Waals surface area contributed by atoms with E-state index < -0.39 is 0 Å². The second-order valence-electron chi connectivity index (χ2n) is 4.91. The van der Waals surface area contributed by atoms with Crippen LogP contribution in [-0.4, -0.2) is 49.1 Å². The molecule has 80 valence electrons. The molecular weight excluding hydrogens is 172 g/mol. The third-order valence-electron chi connectivity index (χ3n) is 3.55. The Kier molecular flexibility index (Phi) is 3.24. The second kappa shape index (κ2) is 4.45. The number of allylic oxidation sites excluding steroid dienone is 1. The van der Waals surface area contributed by atoms with E-state index in [4.69, 9.17) is 0 Å². The van der Waals surface area contributed by atoms with Crippen molar-refractivity contribution >= 4 is 0 Å².